The lowest BCUT2D eigenvalue weighted by atomic mass is 10.3. The highest BCUT2D eigenvalue weighted by molar-refractivity contribution is 5.85. The minimum atomic E-state index is -0.361. The molecule has 0 saturated carbocycles. The Bertz CT molecular complexity index is 259. The van der Waals surface area contributed by atoms with Crippen molar-refractivity contribution < 1.29 is 9.59 Å². The molecule has 0 bridgehead atoms. The Hall–Kier alpha value is -1.61. The summed E-state index contributed by atoms with van der Waals surface area (Å²) in [7, 11) is 0. The van der Waals surface area contributed by atoms with Crippen molar-refractivity contribution >= 4 is 11.8 Å². The molecule has 0 aromatic heterocycles. The average molecular weight is 212 g/mol. The van der Waals surface area contributed by atoms with Crippen molar-refractivity contribution in [3.63, 3.8) is 0 Å². The normalized spacial score (nSPS) is 9.13. The van der Waals surface area contributed by atoms with Gasteiger partial charge in [0.25, 0.3) is 0 Å². The molecule has 0 rings (SSSR count). The van der Waals surface area contributed by atoms with Gasteiger partial charge in [-0.25, -0.2) is 0 Å². The molecule has 0 aliphatic carbocycles. The first-order valence-corrected chi connectivity index (χ1v) is 4.77. The first kappa shape index (κ1) is 13.4. The third-order valence-electron chi connectivity index (χ3n) is 1.85. The average Bonchev–Trinajstić information content (AvgIpc) is 2.26. The molecule has 0 radical (unpaired) electrons. The molecule has 0 fully saturated rings. The fraction of sp³-hybridized carbons (Fsp3) is 0.667. The largest absolute Gasteiger partial charge is 0.346 e. The highest BCUT2D eigenvalue weighted by Gasteiger charge is 2.11. The molecule has 0 unspecified atom stereocenters. The zero-order chi connectivity index (χ0) is 11.7. The maximum Gasteiger partial charge on any atom is 0.241 e. The van der Waals surface area contributed by atoms with E-state index in [9.17, 15) is 9.59 Å². The maximum absolute atomic E-state index is 11.5. The van der Waals surface area contributed by atoms with Gasteiger partial charge in [-0.05, 0) is 6.92 Å². The topological polar surface area (TPSA) is 99.2 Å². The summed E-state index contributed by atoms with van der Waals surface area (Å²) < 4.78 is 0. The summed E-state index contributed by atoms with van der Waals surface area (Å²) in [6.07, 6.45) is 0.296. The number of nitrogens with two attached hydrogens (primary N) is 1. The Balaban J connectivity index is 3.94. The molecular formula is C9H16N4O2. The van der Waals surface area contributed by atoms with Crippen molar-refractivity contribution in [1.82, 2.24) is 10.2 Å². The van der Waals surface area contributed by atoms with Crippen LogP contribution in [-0.2, 0) is 9.59 Å². The molecule has 84 valence electrons. The van der Waals surface area contributed by atoms with Gasteiger partial charge in [0.05, 0.1) is 25.6 Å². The lowest BCUT2D eigenvalue weighted by molar-refractivity contribution is -0.132. The summed E-state index contributed by atoms with van der Waals surface area (Å²) in [5.74, 6) is -0.561. The highest BCUT2D eigenvalue weighted by atomic mass is 16.2. The van der Waals surface area contributed by atoms with Crippen LogP contribution in [0, 0.1) is 11.3 Å². The van der Waals surface area contributed by atoms with Gasteiger partial charge in [0, 0.05) is 13.1 Å². The Kier molecular flexibility index (Phi) is 6.93. The van der Waals surface area contributed by atoms with Crippen LogP contribution in [0.5, 0.6) is 0 Å². The minimum Gasteiger partial charge on any atom is -0.346 e. The number of hydrogen-bond acceptors (Lipinski definition) is 4. The number of nitrogens with one attached hydrogen (secondary N) is 1. The second-order valence-electron chi connectivity index (χ2n) is 2.86. The molecule has 0 heterocycles. The van der Waals surface area contributed by atoms with Crippen LogP contribution in [0.1, 0.15) is 13.3 Å². The fourth-order valence-corrected chi connectivity index (χ4v) is 1.00. The zero-order valence-corrected chi connectivity index (χ0v) is 8.82. The van der Waals surface area contributed by atoms with Crippen LogP contribution < -0.4 is 11.1 Å². The molecule has 15 heavy (non-hydrogen) atoms. The first-order chi connectivity index (χ1) is 7.15. The number of carbonyl (C=O) groups excluding carboxylic acids is 2. The number of likely N-dealkylation sites (N-methyl/N-ethyl adjacent to an activating group) is 1. The molecule has 3 N–H and O–H groups in total. The van der Waals surface area contributed by atoms with Crippen molar-refractivity contribution in [3.8, 4) is 6.07 Å². The third-order valence-corrected chi connectivity index (χ3v) is 1.85. The number of hydrogen-bond donors (Lipinski definition) is 2. The smallest absolute Gasteiger partial charge is 0.241 e. The molecule has 0 aliphatic rings. The van der Waals surface area contributed by atoms with Crippen LogP contribution in [0.25, 0.3) is 0 Å². The van der Waals surface area contributed by atoms with Crippen LogP contribution in [0.2, 0.25) is 0 Å². The summed E-state index contributed by atoms with van der Waals surface area (Å²) >= 11 is 0. The molecule has 2 amide bonds. The van der Waals surface area contributed by atoms with E-state index in [0.717, 1.165) is 0 Å². The van der Waals surface area contributed by atoms with Crippen molar-refractivity contribution in [3.05, 3.63) is 0 Å². The highest BCUT2D eigenvalue weighted by Crippen LogP contribution is 1.91. The fourth-order valence-electron chi connectivity index (χ4n) is 1.00. The second kappa shape index (κ2) is 7.76. The summed E-state index contributed by atoms with van der Waals surface area (Å²) in [6, 6.07) is 1.96. The molecule has 6 heteroatoms. The minimum absolute atomic E-state index is 0.0602. The number of amides is 2. The van der Waals surface area contributed by atoms with Crippen LogP contribution in [0.15, 0.2) is 0 Å². The van der Waals surface area contributed by atoms with Gasteiger partial charge in [-0.15, -0.1) is 0 Å². The third kappa shape index (κ3) is 5.65. The van der Waals surface area contributed by atoms with E-state index in [0.29, 0.717) is 19.5 Å². The van der Waals surface area contributed by atoms with Gasteiger partial charge in [-0.2, -0.15) is 5.26 Å². The van der Waals surface area contributed by atoms with Crippen molar-refractivity contribution in [2.24, 2.45) is 5.73 Å². The standard InChI is InChI=1S/C9H16N4O2/c1-2-13(5-3-4-10)9(15)7-12-8(14)6-11/h2-3,5-7,11H2,1H3,(H,12,14). The summed E-state index contributed by atoms with van der Waals surface area (Å²) in [5.41, 5.74) is 5.07. The Morgan fingerprint density at radius 3 is 2.67 bits per heavy atom. The lowest BCUT2D eigenvalue weighted by Crippen LogP contribution is -2.42. The summed E-state index contributed by atoms with van der Waals surface area (Å²) in [4.78, 5) is 23.8. The Labute approximate surface area is 89.0 Å². The van der Waals surface area contributed by atoms with Crippen LogP contribution in [-0.4, -0.2) is 42.9 Å². The van der Waals surface area contributed by atoms with E-state index in [4.69, 9.17) is 11.0 Å². The number of nitrogens with zero attached hydrogens (tertiary/aromatic N) is 2. The van der Waals surface area contributed by atoms with E-state index in [2.05, 4.69) is 5.32 Å². The van der Waals surface area contributed by atoms with Crippen LogP contribution >= 0.6 is 0 Å². The molecule has 0 spiro atoms. The van der Waals surface area contributed by atoms with Gasteiger partial charge in [-0.1, -0.05) is 0 Å². The van der Waals surface area contributed by atoms with E-state index in [1.165, 1.54) is 4.90 Å². The Morgan fingerprint density at radius 1 is 1.53 bits per heavy atom. The van der Waals surface area contributed by atoms with Gasteiger partial charge < -0.3 is 16.0 Å². The van der Waals surface area contributed by atoms with Crippen molar-refractivity contribution in [1.29, 1.82) is 5.26 Å². The van der Waals surface area contributed by atoms with E-state index in [1.54, 1.807) is 0 Å². The number of nitriles is 1. The molecular weight excluding hydrogens is 196 g/mol. The molecule has 0 atom stereocenters. The first-order valence-electron chi connectivity index (χ1n) is 4.77. The number of carbonyl (C=O) groups is 2. The predicted octanol–water partition coefficient (Wildman–Crippen LogP) is -1.18. The van der Waals surface area contributed by atoms with Crippen LogP contribution in [0.4, 0.5) is 0 Å². The van der Waals surface area contributed by atoms with Crippen LogP contribution in [0.3, 0.4) is 0 Å². The van der Waals surface area contributed by atoms with Gasteiger partial charge in [0.1, 0.15) is 0 Å². The van der Waals surface area contributed by atoms with Crippen molar-refractivity contribution in [2.75, 3.05) is 26.2 Å². The lowest BCUT2D eigenvalue weighted by Gasteiger charge is -2.19. The molecule has 6 nitrogen and oxygen atoms in total. The maximum atomic E-state index is 11.5. The van der Waals surface area contributed by atoms with Gasteiger partial charge >= 0.3 is 0 Å². The van der Waals surface area contributed by atoms with E-state index < -0.39 is 0 Å². The second-order valence-corrected chi connectivity index (χ2v) is 2.86. The number of rotatable bonds is 6. The van der Waals surface area contributed by atoms with Crippen molar-refractivity contribution in [2.45, 2.75) is 13.3 Å². The quantitative estimate of drug-likeness (QED) is 0.579. The molecule has 0 aromatic carbocycles. The van der Waals surface area contributed by atoms with E-state index >= 15 is 0 Å². The van der Waals surface area contributed by atoms with Gasteiger partial charge in [0.15, 0.2) is 0 Å². The molecule has 0 aromatic rings. The molecule has 0 aliphatic heterocycles. The predicted molar refractivity (Wildman–Crippen MR) is 54.5 cm³/mol. The summed E-state index contributed by atoms with van der Waals surface area (Å²) in [5, 5.41) is 10.8. The zero-order valence-electron chi connectivity index (χ0n) is 8.82. The summed E-state index contributed by atoms with van der Waals surface area (Å²) in [6.45, 7) is 2.55. The van der Waals surface area contributed by atoms with Gasteiger partial charge in [-0.3, -0.25) is 9.59 Å². The SMILES string of the molecule is CCN(CCC#N)C(=O)CNC(=O)CN. The molecule has 0 saturated heterocycles. The van der Waals surface area contributed by atoms with E-state index in [-0.39, 0.29) is 24.9 Å². The van der Waals surface area contributed by atoms with Gasteiger partial charge in [0.2, 0.25) is 11.8 Å². The van der Waals surface area contributed by atoms with E-state index in [1.807, 2.05) is 13.0 Å². The monoisotopic (exact) mass is 212 g/mol. The Morgan fingerprint density at radius 2 is 2.20 bits per heavy atom.